The van der Waals surface area contributed by atoms with Gasteiger partial charge in [-0.25, -0.2) is 17.5 Å². The van der Waals surface area contributed by atoms with Crippen molar-refractivity contribution in [2.45, 2.75) is 31.7 Å². The van der Waals surface area contributed by atoms with Gasteiger partial charge in [-0.2, -0.15) is 0 Å². The van der Waals surface area contributed by atoms with Crippen LogP contribution < -0.4 is 5.32 Å². The summed E-state index contributed by atoms with van der Waals surface area (Å²) in [5, 5.41) is 12.5. The zero-order chi connectivity index (χ0) is 18.7. The van der Waals surface area contributed by atoms with Crippen molar-refractivity contribution in [1.29, 1.82) is 0 Å². The van der Waals surface area contributed by atoms with Crippen LogP contribution in [0.5, 0.6) is 0 Å². The van der Waals surface area contributed by atoms with Crippen LogP contribution in [0.3, 0.4) is 0 Å². The van der Waals surface area contributed by atoms with Crippen molar-refractivity contribution < 1.29 is 23.1 Å². The van der Waals surface area contributed by atoms with Gasteiger partial charge in [0.2, 0.25) is 15.9 Å². The number of carbonyl (C=O) groups excluding carboxylic acids is 1. The highest BCUT2D eigenvalue weighted by Crippen LogP contribution is 2.28. The van der Waals surface area contributed by atoms with Crippen molar-refractivity contribution in [3.8, 4) is 0 Å². The van der Waals surface area contributed by atoms with Gasteiger partial charge in [-0.3, -0.25) is 4.79 Å². The van der Waals surface area contributed by atoms with E-state index < -0.39 is 27.4 Å². The molecule has 1 unspecified atom stereocenters. The van der Waals surface area contributed by atoms with Gasteiger partial charge in [0.15, 0.2) is 5.54 Å². The Morgan fingerprint density at radius 3 is 2.24 bits per heavy atom. The van der Waals surface area contributed by atoms with Gasteiger partial charge in [-0.15, -0.1) is 0 Å². The molecule has 8 heteroatoms. The van der Waals surface area contributed by atoms with Crippen molar-refractivity contribution in [2.75, 3.05) is 19.3 Å². The second-order valence-electron chi connectivity index (χ2n) is 6.36. The van der Waals surface area contributed by atoms with E-state index in [1.54, 1.807) is 37.3 Å². The first-order valence-corrected chi connectivity index (χ1v) is 10.1. The summed E-state index contributed by atoms with van der Waals surface area (Å²) in [6.45, 7) is 2.26. The molecule has 0 aromatic heterocycles. The molecule has 0 bridgehead atoms. The predicted molar refractivity (Wildman–Crippen MR) is 93.3 cm³/mol. The van der Waals surface area contributed by atoms with E-state index in [9.17, 15) is 23.1 Å². The summed E-state index contributed by atoms with van der Waals surface area (Å²) in [6, 6.07) is 8.63. The van der Waals surface area contributed by atoms with Crippen LogP contribution >= 0.6 is 0 Å². The topological polar surface area (TPSA) is 104 Å². The fraction of sp³-hybridized carbons (Fsp3) is 0.529. The maximum Gasteiger partial charge on any atom is 0.334 e. The first-order chi connectivity index (χ1) is 11.7. The van der Waals surface area contributed by atoms with E-state index in [1.807, 2.05) is 0 Å². The summed E-state index contributed by atoms with van der Waals surface area (Å²) in [7, 11) is -3.26. The van der Waals surface area contributed by atoms with Crippen LogP contribution in [0.4, 0.5) is 0 Å². The number of amides is 1. The lowest BCUT2D eigenvalue weighted by Crippen LogP contribution is -2.54. The minimum Gasteiger partial charge on any atom is -0.479 e. The molecule has 1 aromatic carbocycles. The van der Waals surface area contributed by atoms with E-state index in [1.165, 1.54) is 4.31 Å². The molecule has 1 fully saturated rings. The monoisotopic (exact) mass is 368 g/mol. The molecule has 1 heterocycles. The van der Waals surface area contributed by atoms with E-state index in [-0.39, 0.29) is 25.4 Å². The van der Waals surface area contributed by atoms with Crippen molar-refractivity contribution in [3.05, 3.63) is 35.9 Å². The van der Waals surface area contributed by atoms with E-state index >= 15 is 0 Å². The Hall–Kier alpha value is -1.93. The second-order valence-corrected chi connectivity index (χ2v) is 8.34. The second kappa shape index (κ2) is 7.53. The van der Waals surface area contributed by atoms with Gasteiger partial charge in [0.25, 0.3) is 0 Å². The van der Waals surface area contributed by atoms with Crippen LogP contribution in [0.1, 0.15) is 31.7 Å². The Morgan fingerprint density at radius 1 is 1.24 bits per heavy atom. The van der Waals surface area contributed by atoms with Crippen molar-refractivity contribution in [3.63, 3.8) is 0 Å². The summed E-state index contributed by atoms with van der Waals surface area (Å²) >= 11 is 0. The van der Waals surface area contributed by atoms with Crippen LogP contribution in [0.15, 0.2) is 30.3 Å². The highest BCUT2D eigenvalue weighted by Gasteiger charge is 2.42. The number of nitrogens with zero attached hydrogens (tertiary/aromatic N) is 1. The maximum absolute atomic E-state index is 12.7. The number of carboxylic acids is 1. The molecule has 0 spiro atoms. The molecule has 0 radical (unpaired) electrons. The molecule has 1 aliphatic rings. The Kier molecular flexibility index (Phi) is 5.84. The van der Waals surface area contributed by atoms with Gasteiger partial charge >= 0.3 is 5.97 Å². The third-order valence-corrected chi connectivity index (χ3v) is 6.10. The van der Waals surface area contributed by atoms with E-state index in [0.29, 0.717) is 18.4 Å². The Morgan fingerprint density at radius 2 is 1.80 bits per heavy atom. The molecule has 138 valence electrons. The average Bonchev–Trinajstić information content (AvgIpc) is 2.59. The number of hydrogen-bond donors (Lipinski definition) is 2. The van der Waals surface area contributed by atoms with Crippen LogP contribution in [0.25, 0.3) is 0 Å². The van der Waals surface area contributed by atoms with E-state index in [0.717, 1.165) is 6.26 Å². The summed E-state index contributed by atoms with van der Waals surface area (Å²) in [6.07, 6.45) is 2.12. The number of piperidine rings is 1. The largest absolute Gasteiger partial charge is 0.479 e. The summed E-state index contributed by atoms with van der Waals surface area (Å²) < 4.78 is 24.5. The summed E-state index contributed by atoms with van der Waals surface area (Å²) in [5.41, 5.74) is -0.960. The minimum atomic E-state index is -3.26. The van der Waals surface area contributed by atoms with Crippen molar-refractivity contribution in [1.82, 2.24) is 9.62 Å². The maximum atomic E-state index is 12.7. The number of carbonyl (C=O) groups is 2. The molecule has 1 atom stereocenters. The van der Waals surface area contributed by atoms with Gasteiger partial charge < -0.3 is 10.4 Å². The van der Waals surface area contributed by atoms with Crippen LogP contribution in [0.2, 0.25) is 0 Å². The number of rotatable bonds is 6. The number of benzene rings is 1. The lowest BCUT2D eigenvalue weighted by molar-refractivity contribution is -0.149. The third kappa shape index (κ3) is 4.19. The quantitative estimate of drug-likeness (QED) is 0.784. The Balaban J connectivity index is 2.15. The minimum absolute atomic E-state index is 0.209. The van der Waals surface area contributed by atoms with Crippen LogP contribution in [-0.2, 0) is 25.2 Å². The Labute approximate surface area is 148 Å². The average molecular weight is 368 g/mol. The normalized spacial score (nSPS) is 19.1. The van der Waals surface area contributed by atoms with Gasteiger partial charge in [0.1, 0.15) is 0 Å². The standard InChI is InChI=1S/C17H24N2O5S/c1-3-17(16(21)22,14-7-5-4-6-8-14)18-15(20)13-9-11-19(12-10-13)25(2,23)24/h4-8,13H,3,9-12H2,1-2H3,(H,18,20)(H,21,22). The molecule has 1 aliphatic heterocycles. The molecular formula is C17H24N2O5S. The number of sulfonamides is 1. The number of aliphatic carboxylic acids is 1. The van der Waals surface area contributed by atoms with Gasteiger partial charge in [-0.1, -0.05) is 37.3 Å². The molecule has 2 N–H and O–H groups in total. The molecule has 1 saturated heterocycles. The molecule has 1 amide bonds. The fourth-order valence-corrected chi connectivity index (χ4v) is 4.05. The lowest BCUT2D eigenvalue weighted by Gasteiger charge is -2.34. The van der Waals surface area contributed by atoms with Crippen molar-refractivity contribution in [2.24, 2.45) is 5.92 Å². The number of carboxylic acid groups (broad SMARTS) is 1. The highest BCUT2D eigenvalue weighted by molar-refractivity contribution is 7.88. The van der Waals surface area contributed by atoms with Gasteiger partial charge in [0, 0.05) is 19.0 Å². The zero-order valence-corrected chi connectivity index (χ0v) is 15.3. The van der Waals surface area contributed by atoms with Crippen LogP contribution in [-0.4, -0.2) is 49.1 Å². The molecule has 25 heavy (non-hydrogen) atoms. The van der Waals surface area contributed by atoms with Gasteiger partial charge in [0.05, 0.1) is 6.26 Å². The first-order valence-electron chi connectivity index (χ1n) is 8.26. The molecule has 2 rings (SSSR count). The highest BCUT2D eigenvalue weighted by atomic mass is 32.2. The van der Waals surface area contributed by atoms with E-state index in [4.69, 9.17) is 0 Å². The molecular weight excluding hydrogens is 344 g/mol. The zero-order valence-electron chi connectivity index (χ0n) is 14.4. The van der Waals surface area contributed by atoms with Crippen molar-refractivity contribution >= 4 is 21.9 Å². The SMILES string of the molecule is CCC(NC(=O)C1CCN(S(C)(=O)=O)CC1)(C(=O)O)c1ccccc1. The summed E-state index contributed by atoms with van der Waals surface area (Å²) in [4.78, 5) is 24.6. The number of nitrogens with one attached hydrogen (secondary N) is 1. The van der Waals surface area contributed by atoms with Gasteiger partial charge in [-0.05, 0) is 24.8 Å². The number of hydrogen-bond acceptors (Lipinski definition) is 4. The molecule has 0 saturated carbocycles. The fourth-order valence-electron chi connectivity index (χ4n) is 3.18. The predicted octanol–water partition coefficient (Wildman–Crippen LogP) is 1.16. The third-order valence-electron chi connectivity index (χ3n) is 4.79. The summed E-state index contributed by atoms with van der Waals surface area (Å²) in [5.74, 6) is -1.85. The molecule has 1 aromatic rings. The molecule has 7 nitrogen and oxygen atoms in total. The van der Waals surface area contributed by atoms with Crippen LogP contribution in [0, 0.1) is 5.92 Å². The Bertz CT molecular complexity index is 727. The molecule has 0 aliphatic carbocycles. The first kappa shape index (κ1) is 19.4. The van der Waals surface area contributed by atoms with E-state index in [2.05, 4.69) is 5.32 Å². The smallest absolute Gasteiger partial charge is 0.334 e. The lowest BCUT2D eigenvalue weighted by atomic mass is 9.85.